The van der Waals surface area contributed by atoms with E-state index in [1.807, 2.05) is 18.2 Å². The summed E-state index contributed by atoms with van der Waals surface area (Å²) in [5, 5.41) is 6.28. The third kappa shape index (κ3) is 5.27. The molecular formula is C24H23ClN2O3S. The summed E-state index contributed by atoms with van der Waals surface area (Å²) in [5.41, 5.74) is 2.93. The number of carbonyl (C=O) groups is 1. The number of carbonyl (C=O) groups excluding carboxylic acids is 1. The molecule has 3 aromatic rings. The Balaban J connectivity index is 1.42. The van der Waals surface area contributed by atoms with E-state index in [1.165, 1.54) is 11.6 Å². The second-order valence-corrected chi connectivity index (χ2v) is 10.2. The number of sulfone groups is 1. The van der Waals surface area contributed by atoms with Crippen molar-refractivity contribution in [2.24, 2.45) is 0 Å². The third-order valence-electron chi connectivity index (χ3n) is 5.39. The van der Waals surface area contributed by atoms with Crippen LogP contribution in [0.3, 0.4) is 0 Å². The maximum absolute atomic E-state index is 13.0. The first kappa shape index (κ1) is 21.4. The Bertz CT molecular complexity index is 1200. The summed E-state index contributed by atoms with van der Waals surface area (Å²) in [4.78, 5) is 12.6. The van der Waals surface area contributed by atoms with Crippen molar-refractivity contribution in [2.45, 2.75) is 36.0 Å². The van der Waals surface area contributed by atoms with Crippen LogP contribution in [0.1, 0.15) is 29.0 Å². The van der Waals surface area contributed by atoms with Crippen molar-refractivity contribution in [3.63, 3.8) is 0 Å². The molecule has 160 valence electrons. The Morgan fingerprint density at radius 1 is 1.03 bits per heavy atom. The van der Waals surface area contributed by atoms with Gasteiger partial charge in [0, 0.05) is 22.7 Å². The van der Waals surface area contributed by atoms with E-state index >= 15 is 0 Å². The maximum Gasteiger partial charge on any atom is 0.319 e. The fraction of sp³-hybridized carbons (Fsp3) is 0.208. The predicted molar refractivity (Wildman–Crippen MR) is 123 cm³/mol. The van der Waals surface area contributed by atoms with Crippen LogP contribution in [0.15, 0.2) is 77.7 Å². The van der Waals surface area contributed by atoms with Gasteiger partial charge in [-0.05, 0) is 54.3 Å². The lowest BCUT2D eigenvalue weighted by Crippen LogP contribution is -2.31. The molecule has 3 aromatic carbocycles. The first-order valence-electron chi connectivity index (χ1n) is 10.0. The van der Waals surface area contributed by atoms with Crippen molar-refractivity contribution in [1.82, 2.24) is 5.32 Å². The summed E-state index contributed by atoms with van der Waals surface area (Å²) in [5.74, 6) is 0.182. The number of urea groups is 1. The van der Waals surface area contributed by atoms with Gasteiger partial charge in [-0.25, -0.2) is 13.2 Å². The number of benzene rings is 3. The molecule has 1 aliphatic carbocycles. The van der Waals surface area contributed by atoms with Crippen LogP contribution < -0.4 is 10.6 Å². The zero-order chi connectivity index (χ0) is 22.0. The van der Waals surface area contributed by atoms with Gasteiger partial charge in [-0.3, -0.25) is 0 Å². The van der Waals surface area contributed by atoms with Crippen molar-refractivity contribution < 1.29 is 13.2 Å². The van der Waals surface area contributed by atoms with Gasteiger partial charge in [0.1, 0.15) is 0 Å². The number of nitrogens with one attached hydrogen (secondary N) is 2. The van der Waals surface area contributed by atoms with E-state index < -0.39 is 9.84 Å². The number of rotatable bonds is 6. The smallest absolute Gasteiger partial charge is 0.319 e. The monoisotopic (exact) mass is 454 g/mol. The van der Waals surface area contributed by atoms with E-state index in [0.717, 1.165) is 6.42 Å². The van der Waals surface area contributed by atoms with Crippen LogP contribution in [-0.2, 0) is 15.6 Å². The van der Waals surface area contributed by atoms with Crippen LogP contribution in [0, 0.1) is 6.92 Å². The Labute approximate surface area is 187 Å². The largest absolute Gasteiger partial charge is 0.334 e. The number of amides is 2. The normalized spacial score (nSPS) is 17.7. The lowest BCUT2D eigenvalue weighted by molar-refractivity contribution is 0.251. The summed E-state index contributed by atoms with van der Waals surface area (Å²) < 4.78 is 25.9. The van der Waals surface area contributed by atoms with Gasteiger partial charge in [-0.15, -0.1) is 0 Å². The molecule has 1 saturated carbocycles. The minimum atomic E-state index is -3.59. The molecule has 0 saturated heterocycles. The average molecular weight is 455 g/mol. The summed E-state index contributed by atoms with van der Waals surface area (Å²) in [7, 11) is -3.59. The van der Waals surface area contributed by atoms with Crippen LogP contribution in [-0.4, -0.2) is 20.5 Å². The second-order valence-electron chi connectivity index (χ2n) is 7.82. The van der Waals surface area contributed by atoms with Crippen molar-refractivity contribution in [3.8, 4) is 0 Å². The molecule has 0 heterocycles. The van der Waals surface area contributed by atoms with Crippen LogP contribution >= 0.6 is 11.6 Å². The molecule has 1 fully saturated rings. The second kappa shape index (κ2) is 8.73. The first-order chi connectivity index (χ1) is 14.8. The molecule has 1 aliphatic rings. The topological polar surface area (TPSA) is 75.3 Å². The van der Waals surface area contributed by atoms with E-state index in [-0.39, 0.29) is 22.7 Å². The molecule has 0 aliphatic heterocycles. The van der Waals surface area contributed by atoms with E-state index in [1.54, 1.807) is 43.3 Å². The average Bonchev–Trinajstić information content (AvgIpc) is 3.50. The molecule has 7 heteroatoms. The zero-order valence-corrected chi connectivity index (χ0v) is 18.6. The van der Waals surface area contributed by atoms with Gasteiger partial charge in [-0.1, -0.05) is 60.1 Å². The molecule has 2 amide bonds. The summed E-state index contributed by atoms with van der Waals surface area (Å²) >= 11 is 5.88. The van der Waals surface area contributed by atoms with Crippen molar-refractivity contribution in [2.75, 3.05) is 5.32 Å². The molecular weight excluding hydrogens is 432 g/mol. The Hall–Kier alpha value is -2.83. The van der Waals surface area contributed by atoms with Crippen molar-refractivity contribution >= 4 is 33.2 Å². The highest BCUT2D eigenvalue weighted by Gasteiger charge is 2.39. The standard InChI is InChI=1S/C24H23ClN2O3S/c1-16-7-12-20(13-23(16)31(29,30)15-17-8-10-19(25)11-9-17)26-24(28)27-22-14-21(22)18-5-3-2-4-6-18/h2-13,21-22H,14-15H2,1H3,(H2,26,27,28)/t21-,22?/m0/s1. The lowest BCUT2D eigenvalue weighted by atomic mass is 10.1. The molecule has 0 spiro atoms. The van der Waals surface area contributed by atoms with Gasteiger partial charge in [-0.2, -0.15) is 0 Å². The highest BCUT2D eigenvalue weighted by atomic mass is 35.5. The number of aryl methyl sites for hydroxylation is 1. The van der Waals surface area contributed by atoms with E-state index in [4.69, 9.17) is 11.6 Å². The predicted octanol–water partition coefficient (Wildman–Crippen LogP) is 5.30. The van der Waals surface area contributed by atoms with Gasteiger partial charge in [0.25, 0.3) is 0 Å². The molecule has 5 nitrogen and oxygen atoms in total. The molecule has 1 unspecified atom stereocenters. The first-order valence-corrected chi connectivity index (χ1v) is 12.1. The molecule has 0 aromatic heterocycles. The number of hydrogen-bond acceptors (Lipinski definition) is 3. The maximum atomic E-state index is 13.0. The molecule has 0 radical (unpaired) electrons. The minimum Gasteiger partial charge on any atom is -0.334 e. The summed E-state index contributed by atoms with van der Waals surface area (Å²) in [6, 6.07) is 21.5. The highest BCUT2D eigenvalue weighted by Crippen LogP contribution is 2.40. The lowest BCUT2D eigenvalue weighted by Gasteiger charge is -2.12. The molecule has 2 N–H and O–H groups in total. The number of hydrogen-bond donors (Lipinski definition) is 2. The fourth-order valence-electron chi connectivity index (χ4n) is 3.65. The van der Waals surface area contributed by atoms with Gasteiger partial charge in [0.05, 0.1) is 10.6 Å². The molecule has 4 rings (SSSR count). The van der Waals surface area contributed by atoms with E-state index in [0.29, 0.717) is 27.8 Å². The molecule has 2 atom stereocenters. The van der Waals surface area contributed by atoms with E-state index in [2.05, 4.69) is 22.8 Å². The van der Waals surface area contributed by atoms with Crippen LogP contribution in [0.4, 0.5) is 10.5 Å². The Morgan fingerprint density at radius 3 is 2.45 bits per heavy atom. The fourth-order valence-corrected chi connectivity index (χ4v) is 5.43. The highest BCUT2D eigenvalue weighted by molar-refractivity contribution is 7.90. The quantitative estimate of drug-likeness (QED) is 0.530. The summed E-state index contributed by atoms with van der Waals surface area (Å²) in [6.45, 7) is 1.74. The van der Waals surface area contributed by atoms with Crippen LogP contribution in [0.5, 0.6) is 0 Å². The van der Waals surface area contributed by atoms with Gasteiger partial charge >= 0.3 is 6.03 Å². The minimum absolute atomic E-state index is 0.0842. The van der Waals surface area contributed by atoms with E-state index in [9.17, 15) is 13.2 Å². The van der Waals surface area contributed by atoms with Crippen molar-refractivity contribution in [1.29, 1.82) is 0 Å². The molecule has 0 bridgehead atoms. The number of anilines is 1. The third-order valence-corrected chi connectivity index (χ3v) is 7.46. The van der Waals surface area contributed by atoms with Crippen molar-refractivity contribution in [3.05, 3.63) is 94.5 Å². The van der Waals surface area contributed by atoms with Gasteiger partial charge in [0.15, 0.2) is 9.84 Å². The summed E-state index contributed by atoms with van der Waals surface area (Å²) in [6.07, 6.45) is 0.895. The van der Waals surface area contributed by atoms with Crippen LogP contribution in [0.25, 0.3) is 0 Å². The van der Waals surface area contributed by atoms with Gasteiger partial charge in [0.2, 0.25) is 0 Å². The Kier molecular flexibility index (Phi) is 6.03. The number of halogens is 1. The zero-order valence-electron chi connectivity index (χ0n) is 17.0. The SMILES string of the molecule is Cc1ccc(NC(=O)NC2C[C@H]2c2ccccc2)cc1S(=O)(=O)Cc1ccc(Cl)cc1. The van der Waals surface area contributed by atoms with Gasteiger partial charge < -0.3 is 10.6 Å². The Morgan fingerprint density at radius 2 is 1.74 bits per heavy atom. The molecule has 31 heavy (non-hydrogen) atoms. The van der Waals surface area contributed by atoms with Crippen LogP contribution in [0.2, 0.25) is 5.02 Å².